The number of benzene rings is 1. The third kappa shape index (κ3) is 5.65. The number of aromatic amines is 1. The fourth-order valence-corrected chi connectivity index (χ4v) is 5.27. The Balaban J connectivity index is 1.48. The molecule has 1 aliphatic heterocycles. The number of nitrogens with zero attached hydrogens (tertiary/aromatic N) is 1. The van der Waals surface area contributed by atoms with Crippen molar-refractivity contribution in [2.24, 2.45) is 5.92 Å². The molecule has 0 aliphatic carbocycles. The summed E-state index contributed by atoms with van der Waals surface area (Å²) in [7, 11) is 0. The van der Waals surface area contributed by atoms with E-state index in [1.165, 1.54) is 24.2 Å². The number of rotatable bonds is 8. The number of carbonyl (C=O) groups is 2. The van der Waals surface area contributed by atoms with Gasteiger partial charge in [0.05, 0.1) is 4.88 Å². The molecule has 1 aromatic carbocycles. The number of H-pyrrole nitrogens is 1. The van der Waals surface area contributed by atoms with Crippen LogP contribution in [0.2, 0.25) is 0 Å². The number of aromatic nitrogens is 1. The average Bonchev–Trinajstić information content (AvgIpc) is 3.48. The number of hydrogen-bond acceptors (Lipinski definition) is 4. The molecule has 0 spiro atoms. The number of likely N-dealkylation sites (tertiary alicyclic amines) is 1. The summed E-state index contributed by atoms with van der Waals surface area (Å²) >= 11 is 1.38. The Labute approximate surface area is 199 Å². The molecule has 6 nitrogen and oxygen atoms in total. The van der Waals surface area contributed by atoms with E-state index in [9.17, 15) is 9.59 Å². The molecule has 2 amide bonds. The van der Waals surface area contributed by atoms with Crippen LogP contribution in [0, 0.1) is 5.92 Å². The van der Waals surface area contributed by atoms with Crippen molar-refractivity contribution in [3.05, 3.63) is 58.4 Å². The van der Waals surface area contributed by atoms with E-state index >= 15 is 0 Å². The maximum absolute atomic E-state index is 13.4. The highest BCUT2D eigenvalue weighted by Crippen LogP contribution is 2.24. The second-order valence-corrected chi connectivity index (χ2v) is 10.7. The lowest BCUT2D eigenvalue weighted by Gasteiger charge is -2.43. The van der Waals surface area contributed by atoms with E-state index < -0.39 is 6.04 Å². The van der Waals surface area contributed by atoms with Crippen molar-refractivity contribution in [1.82, 2.24) is 20.5 Å². The quantitative estimate of drug-likeness (QED) is 0.466. The zero-order chi connectivity index (χ0) is 23.4. The van der Waals surface area contributed by atoms with Gasteiger partial charge in [0.25, 0.3) is 5.91 Å². The molecule has 0 saturated carbocycles. The Bertz CT molecular complexity index is 1090. The summed E-state index contributed by atoms with van der Waals surface area (Å²) < 4.78 is 0. The third-order valence-corrected chi connectivity index (χ3v) is 7.54. The first-order valence-electron chi connectivity index (χ1n) is 11.8. The first kappa shape index (κ1) is 23.5. The molecule has 7 heteroatoms. The van der Waals surface area contributed by atoms with Gasteiger partial charge < -0.3 is 15.6 Å². The van der Waals surface area contributed by atoms with Crippen molar-refractivity contribution in [3.8, 4) is 0 Å². The van der Waals surface area contributed by atoms with Crippen molar-refractivity contribution in [3.63, 3.8) is 0 Å². The summed E-state index contributed by atoms with van der Waals surface area (Å²) in [5.41, 5.74) is 1.89. The van der Waals surface area contributed by atoms with Gasteiger partial charge in [-0.15, -0.1) is 11.3 Å². The third-order valence-electron chi connectivity index (χ3n) is 6.67. The predicted octanol–water partition coefficient (Wildman–Crippen LogP) is 4.20. The molecule has 3 heterocycles. The molecule has 1 fully saturated rings. The molecule has 2 aromatic heterocycles. The molecule has 2 unspecified atom stereocenters. The SMILES string of the molecule is CC1CCCN(C(C)(C)CNC(=O)C(Cc2c[nH]c3ccccc23)NC(=O)c2cccs2)C1. The van der Waals surface area contributed by atoms with Crippen LogP contribution in [0.15, 0.2) is 48.0 Å². The van der Waals surface area contributed by atoms with Crippen LogP contribution >= 0.6 is 11.3 Å². The molecule has 4 rings (SSSR count). The first-order chi connectivity index (χ1) is 15.8. The lowest BCUT2D eigenvalue weighted by molar-refractivity contribution is -0.123. The minimum Gasteiger partial charge on any atom is -0.361 e. The van der Waals surface area contributed by atoms with Crippen LogP contribution in [0.3, 0.4) is 0 Å². The van der Waals surface area contributed by atoms with Gasteiger partial charge in [-0.25, -0.2) is 0 Å². The van der Waals surface area contributed by atoms with E-state index in [-0.39, 0.29) is 17.4 Å². The summed E-state index contributed by atoms with van der Waals surface area (Å²) in [6, 6.07) is 11.0. The number of hydrogen-bond donors (Lipinski definition) is 3. The zero-order valence-electron chi connectivity index (χ0n) is 19.7. The largest absolute Gasteiger partial charge is 0.361 e. The fraction of sp³-hybridized carbons (Fsp3) is 0.462. The molecule has 2 atom stereocenters. The van der Waals surface area contributed by atoms with E-state index in [0.717, 1.165) is 29.6 Å². The van der Waals surface area contributed by atoms with Gasteiger partial charge in [-0.2, -0.15) is 0 Å². The number of nitrogens with one attached hydrogen (secondary N) is 3. The maximum atomic E-state index is 13.4. The van der Waals surface area contributed by atoms with Gasteiger partial charge in [0.2, 0.25) is 5.91 Å². The lowest BCUT2D eigenvalue weighted by atomic mass is 9.93. The van der Waals surface area contributed by atoms with E-state index in [1.54, 1.807) is 6.07 Å². The fourth-order valence-electron chi connectivity index (χ4n) is 4.64. The summed E-state index contributed by atoms with van der Waals surface area (Å²) in [5.74, 6) is 0.311. The van der Waals surface area contributed by atoms with E-state index in [4.69, 9.17) is 0 Å². The standard InChI is InChI=1S/C26H34N4O2S/c1-18-8-6-12-30(16-18)26(2,3)17-28-24(31)22(29-25(32)23-11-7-13-33-23)14-19-15-27-21-10-5-4-9-20(19)21/h4-5,7,9-11,13,15,18,22,27H,6,8,12,14,16-17H2,1-3H3,(H,28,31)(H,29,32). The molecule has 176 valence electrons. The Morgan fingerprint density at radius 3 is 2.82 bits per heavy atom. The average molecular weight is 467 g/mol. The van der Waals surface area contributed by atoms with E-state index in [0.29, 0.717) is 23.8 Å². The normalized spacial score (nSPS) is 18.2. The minimum absolute atomic E-state index is 0.145. The van der Waals surface area contributed by atoms with Crippen molar-refractivity contribution < 1.29 is 9.59 Å². The second kappa shape index (κ2) is 10.1. The summed E-state index contributed by atoms with van der Waals surface area (Å²) in [6.45, 7) is 9.31. The first-order valence-corrected chi connectivity index (χ1v) is 12.6. The second-order valence-electron chi connectivity index (χ2n) is 9.79. The molecule has 3 aromatic rings. The van der Waals surface area contributed by atoms with Gasteiger partial charge in [-0.3, -0.25) is 14.5 Å². The van der Waals surface area contributed by atoms with Crippen LogP contribution in [0.1, 0.15) is 48.8 Å². The molecule has 3 N–H and O–H groups in total. The van der Waals surface area contributed by atoms with Crippen LogP contribution < -0.4 is 10.6 Å². The van der Waals surface area contributed by atoms with E-state index in [2.05, 4.69) is 41.3 Å². The van der Waals surface area contributed by atoms with Crippen molar-refractivity contribution >= 4 is 34.1 Å². The number of amides is 2. The molecule has 1 aliphatic rings. The highest BCUT2D eigenvalue weighted by atomic mass is 32.1. The Morgan fingerprint density at radius 1 is 1.24 bits per heavy atom. The predicted molar refractivity (Wildman–Crippen MR) is 135 cm³/mol. The Kier molecular flexibility index (Phi) is 7.20. The number of thiophene rings is 1. The number of carbonyl (C=O) groups excluding carboxylic acids is 2. The van der Waals surface area contributed by atoms with Gasteiger partial charge in [0.15, 0.2) is 0 Å². The van der Waals surface area contributed by atoms with Gasteiger partial charge in [0, 0.05) is 42.1 Å². The van der Waals surface area contributed by atoms with Gasteiger partial charge in [-0.05, 0) is 62.2 Å². The van der Waals surface area contributed by atoms with Crippen LogP contribution in [0.25, 0.3) is 10.9 Å². The number of fused-ring (bicyclic) bond motifs is 1. The zero-order valence-corrected chi connectivity index (χ0v) is 20.5. The van der Waals surface area contributed by atoms with Crippen LogP contribution in [-0.4, -0.2) is 52.9 Å². The van der Waals surface area contributed by atoms with Crippen LogP contribution in [0.5, 0.6) is 0 Å². The lowest BCUT2D eigenvalue weighted by Crippen LogP contribution is -2.57. The molecule has 33 heavy (non-hydrogen) atoms. The molecule has 0 radical (unpaired) electrons. The molecule has 0 bridgehead atoms. The Hall–Kier alpha value is -2.64. The monoisotopic (exact) mass is 466 g/mol. The molecule has 1 saturated heterocycles. The summed E-state index contributed by atoms with van der Waals surface area (Å²) in [5, 5.41) is 9.06. The van der Waals surface area contributed by atoms with Crippen molar-refractivity contribution in [1.29, 1.82) is 0 Å². The Morgan fingerprint density at radius 2 is 2.06 bits per heavy atom. The van der Waals surface area contributed by atoms with Crippen molar-refractivity contribution in [2.45, 2.75) is 51.6 Å². The highest BCUT2D eigenvalue weighted by Gasteiger charge is 2.32. The van der Waals surface area contributed by atoms with Gasteiger partial charge >= 0.3 is 0 Å². The van der Waals surface area contributed by atoms with Crippen LogP contribution in [0.4, 0.5) is 0 Å². The molecular formula is C26H34N4O2S. The topological polar surface area (TPSA) is 77.2 Å². The van der Waals surface area contributed by atoms with Crippen LogP contribution in [-0.2, 0) is 11.2 Å². The smallest absolute Gasteiger partial charge is 0.262 e. The summed E-state index contributed by atoms with van der Waals surface area (Å²) in [6.07, 6.45) is 4.81. The number of para-hydroxylation sites is 1. The van der Waals surface area contributed by atoms with E-state index in [1.807, 2.05) is 41.9 Å². The highest BCUT2D eigenvalue weighted by molar-refractivity contribution is 7.12. The summed E-state index contributed by atoms with van der Waals surface area (Å²) in [4.78, 5) is 32.5. The molecular weight excluding hydrogens is 432 g/mol. The maximum Gasteiger partial charge on any atom is 0.262 e. The van der Waals surface area contributed by atoms with Gasteiger partial charge in [-0.1, -0.05) is 31.2 Å². The minimum atomic E-state index is -0.658. The number of piperidine rings is 1. The van der Waals surface area contributed by atoms with Gasteiger partial charge in [0.1, 0.15) is 6.04 Å². The van der Waals surface area contributed by atoms with Crippen molar-refractivity contribution in [2.75, 3.05) is 19.6 Å².